The molecule has 0 fully saturated rings. The van der Waals surface area contributed by atoms with E-state index < -0.39 is 21.3 Å². The average molecular weight is 404 g/mol. The van der Waals surface area contributed by atoms with Crippen molar-refractivity contribution in [2.45, 2.75) is 82.1 Å². The Morgan fingerprint density at radius 3 is 1.29 bits per heavy atom. The monoisotopic (exact) mass is 402 g/mol. The molecule has 2 aliphatic carbocycles. The Labute approximate surface area is 158 Å². The zero-order valence-electron chi connectivity index (χ0n) is 17.6. The van der Waals surface area contributed by atoms with E-state index in [0.717, 1.165) is 0 Å². The van der Waals surface area contributed by atoms with Crippen molar-refractivity contribution in [3.63, 3.8) is 0 Å². The fourth-order valence-electron chi connectivity index (χ4n) is 3.78. The molecule has 0 atom stereocenters. The van der Waals surface area contributed by atoms with Crippen molar-refractivity contribution >= 4 is 3.21 Å². The van der Waals surface area contributed by atoms with Crippen LogP contribution in [0, 0.1) is 10.8 Å². The van der Waals surface area contributed by atoms with Crippen LogP contribution in [0.5, 0.6) is 0 Å². The van der Waals surface area contributed by atoms with Crippen molar-refractivity contribution in [1.82, 2.24) is 0 Å². The fourth-order valence-corrected chi connectivity index (χ4v) is 11.7. The summed E-state index contributed by atoms with van der Waals surface area (Å²) in [6.07, 6.45) is 7.47. The molecule has 0 spiro atoms. The van der Waals surface area contributed by atoms with E-state index in [0.29, 0.717) is 10.8 Å². The summed E-state index contributed by atoms with van der Waals surface area (Å²) in [5.41, 5.74) is 7.03. The summed E-state index contributed by atoms with van der Waals surface area (Å²) in [5.74, 6) is 0. The van der Waals surface area contributed by atoms with Crippen molar-refractivity contribution in [3.8, 4) is 0 Å². The molecule has 0 aromatic heterocycles. The molecule has 0 radical (unpaired) electrons. The van der Waals surface area contributed by atoms with Gasteiger partial charge in [-0.2, -0.15) is 0 Å². The first kappa shape index (κ1) is 20.0. The van der Waals surface area contributed by atoms with Gasteiger partial charge in [0.05, 0.1) is 0 Å². The Balaban J connectivity index is 2.38. The van der Waals surface area contributed by atoms with Gasteiger partial charge in [0.2, 0.25) is 0 Å². The van der Waals surface area contributed by atoms with Gasteiger partial charge in [-0.25, -0.2) is 0 Å². The normalized spacial score (nSPS) is 19.1. The van der Waals surface area contributed by atoms with Crippen molar-refractivity contribution in [2.24, 2.45) is 10.8 Å². The summed E-state index contributed by atoms with van der Waals surface area (Å²) in [6.45, 7) is 23.7. The molecule has 0 saturated carbocycles. The molecular formula is C23H36Zr. The van der Waals surface area contributed by atoms with Crippen LogP contribution in [0.4, 0.5) is 0 Å². The van der Waals surface area contributed by atoms with Crippen LogP contribution in [0.3, 0.4) is 0 Å². The number of hydrogen-bond acceptors (Lipinski definition) is 0. The van der Waals surface area contributed by atoms with Crippen molar-refractivity contribution in [2.75, 3.05) is 0 Å². The molecule has 2 rings (SSSR count). The average Bonchev–Trinajstić information content (AvgIpc) is 2.94. The molecular weight excluding hydrogens is 367 g/mol. The maximum atomic E-state index is 2.50. The zero-order chi connectivity index (χ0) is 18.4. The SMILES string of the molecule is CC1=[C]([Zr]([C]2=C(C)C=C(C(C)(C)C)C2)=[C](C)C)CC(C(C)(C)C)=C1. The zero-order valence-corrected chi connectivity index (χ0v) is 20.0. The van der Waals surface area contributed by atoms with Crippen LogP contribution in [0.25, 0.3) is 0 Å². The van der Waals surface area contributed by atoms with Crippen molar-refractivity contribution in [1.29, 1.82) is 0 Å². The maximum absolute atomic E-state index is 2.50. The minimum atomic E-state index is -1.88. The summed E-state index contributed by atoms with van der Waals surface area (Å²) in [7, 11) is 0. The first-order chi connectivity index (χ1) is 10.8. The van der Waals surface area contributed by atoms with Crippen LogP contribution in [0.2, 0.25) is 0 Å². The van der Waals surface area contributed by atoms with Crippen LogP contribution >= 0.6 is 0 Å². The molecule has 0 unspecified atom stereocenters. The number of hydrogen-bond donors (Lipinski definition) is 0. The van der Waals surface area contributed by atoms with E-state index in [1.807, 2.05) is 6.56 Å². The van der Waals surface area contributed by atoms with E-state index in [2.05, 4.69) is 81.4 Å². The third-order valence-corrected chi connectivity index (χ3v) is 13.7. The van der Waals surface area contributed by atoms with Crippen molar-refractivity contribution in [3.05, 3.63) is 41.0 Å². The second kappa shape index (κ2) is 6.79. The van der Waals surface area contributed by atoms with Gasteiger partial charge in [0.1, 0.15) is 0 Å². The predicted molar refractivity (Wildman–Crippen MR) is 106 cm³/mol. The third-order valence-electron chi connectivity index (χ3n) is 5.50. The Bertz CT molecular complexity index is 644. The summed E-state index contributed by atoms with van der Waals surface area (Å²) in [5, 5.41) is 0. The Kier molecular flexibility index (Phi) is 5.67. The van der Waals surface area contributed by atoms with Crippen molar-refractivity contribution < 1.29 is 21.3 Å². The van der Waals surface area contributed by atoms with E-state index >= 15 is 0 Å². The van der Waals surface area contributed by atoms with Gasteiger partial charge in [-0.05, 0) is 0 Å². The van der Waals surface area contributed by atoms with Gasteiger partial charge in [-0.3, -0.25) is 0 Å². The standard InChI is InChI=1S/2C10H15.C3H6.Zr/c2*1-8-5-6-9(7-8)10(2,3)4;1-3-2;/h2*7H,6H2,1-4H3;1-2H3;. The molecule has 0 bridgehead atoms. The molecule has 0 nitrogen and oxygen atoms in total. The molecule has 1 heteroatoms. The van der Waals surface area contributed by atoms with E-state index in [-0.39, 0.29) is 0 Å². The molecule has 0 aromatic rings. The second-order valence-electron chi connectivity index (χ2n) is 9.89. The van der Waals surface area contributed by atoms with E-state index in [4.69, 9.17) is 0 Å². The predicted octanol–water partition coefficient (Wildman–Crippen LogP) is 7.12. The Morgan fingerprint density at radius 2 is 1.08 bits per heavy atom. The number of rotatable bonds is 2. The van der Waals surface area contributed by atoms with Gasteiger partial charge in [0, 0.05) is 0 Å². The van der Waals surface area contributed by atoms with E-state index in [9.17, 15) is 0 Å². The van der Waals surface area contributed by atoms with Gasteiger partial charge in [0.25, 0.3) is 0 Å². The third kappa shape index (κ3) is 4.09. The van der Waals surface area contributed by atoms with Crippen LogP contribution in [-0.2, 0) is 21.3 Å². The van der Waals surface area contributed by atoms with Gasteiger partial charge in [-0.15, -0.1) is 0 Å². The first-order valence-electron chi connectivity index (χ1n) is 9.32. The molecule has 24 heavy (non-hydrogen) atoms. The van der Waals surface area contributed by atoms with Crippen LogP contribution in [0.1, 0.15) is 82.1 Å². The Hall–Kier alpha value is -0.287. The summed E-state index contributed by atoms with van der Waals surface area (Å²) in [4.78, 5) is 0. The van der Waals surface area contributed by atoms with Crippen LogP contribution in [0.15, 0.2) is 41.0 Å². The molecule has 0 N–H and O–H groups in total. The fraction of sp³-hybridized carbons (Fsp3) is 0.609. The quantitative estimate of drug-likeness (QED) is 0.460. The second-order valence-corrected chi connectivity index (χ2v) is 17.2. The molecule has 0 aliphatic heterocycles. The molecule has 0 aromatic carbocycles. The summed E-state index contributed by atoms with van der Waals surface area (Å²) in [6, 6.07) is 0. The topological polar surface area (TPSA) is 0 Å². The Morgan fingerprint density at radius 1 is 0.750 bits per heavy atom. The number of allylic oxidation sites excluding steroid dienone is 8. The van der Waals surface area contributed by atoms with E-state index in [1.165, 1.54) is 12.8 Å². The molecule has 132 valence electrons. The van der Waals surface area contributed by atoms with Gasteiger partial charge < -0.3 is 0 Å². The van der Waals surface area contributed by atoms with E-state index in [1.54, 1.807) is 25.5 Å². The molecule has 2 aliphatic rings. The molecule has 0 saturated heterocycles. The minimum absolute atomic E-state index is 0.298. The molecule has 0 amide bonds. The summed E-state index contributed by atoms with van der Waals surface area (Å²) >= 11 is -1.88. The molecule has 0 heterocycles. The summed E-state index contributed by atoms with van der Waals surface area (Å²) < 4.78 is 5.40. The van der Waals surface area contributed by atoms with Crippen LogP contribution in [-0.4, -0.2) is 3.21 Å². The van der Waals surface area contributed by atoms with Gasteiger partial charge >= 0.3 is 158 Å². The first-order valence-corrected chi connectivity index (χ1v) is 13.0. The van der Waals surface area contributed by atoms with Gasteiger partial charge in [-0.1, -0.05) is 0 Å². The van der Waals surface area contributed by atoms with Crippen LogP contribution < -0.4 is 0 Å². The van der Waals surface area contributed by atoms with Gasteiger partial charge in [0.15, 0.2) is 0 Å².